The van der Waals surface area contributed by atoms with Crippen molar-refractivity contribution in [1.29, 1.82) is 0 Å². The van der Waals surface area contributed by atoms with E-state index in [0.29, 0.717) is 12.1 Å². The van der Waals surface area contributed by atoms with E-state index in [4.69, 9.17) is 0 Å². The van der Waals surface area contributed by atoms with Gasteiger partial charge in [0, 0.05) is 18.6 Å². The fourth-order valence-corrected chi connectivity index (χ4v) is 6.82. The van der Waals surface area contributed by atoms with Crippen molar-refractivity contribution >= 4 is 10.8 Å². The number of benzene rings is 2. The molecule has 0 amide bonds. The van der Waals surface area contributed by atoms with E-state index in [-0.39, 0.29) is 6.10 Å². The van der Waals surface area contributed by atoms with Crippen LogP contribution in [-0.2, 0) is 12.8 Å². The van der Waals surface area contributed by atoms with Gasteiger partial charge in [-0.1, -0.05) is 56.7 Å². The average Bonchev–Trinajstić information content (AvgIpc) is 2.83. The molecule has 0 saturated heterocycles. The first-order chi connectivity index (χ1) is 15.2. The fourth-order valence-electron chi connectivity index (χ4n) is 6.82. The maximum atomic E-state index is 11.4. The third-order valence-electron chi connectivity index (χ3n) is 8.55. The Bertz CT molecular complexity index is 873. The van der Waals surface area contributed by atoms with Crippen molar-refractivity contribution in [1.82, 2.24) is 4.90 Å². The maximum absolute atomic E-state index is 11.4. The van der Waals surface area contributed by atoms with E-state index in [1.54, 1.807) is 11.1 Å². The van der Waals surface area contributed by atoms with Gasteiger partial charge in [-0.3, -0.25) is 4.90 Å². The van der Waals surface area contributed by atoms with Crippen LogP contribution in [0.25, 0.3) is 10.8 Å². The molecule has 2 fully saturated rings. The first-order valence-electron chi connectivity index (χ1n) is 13.2. The van der Waals surface area contributed by atoms with E-state index in [1.165, 1.54) is 106 Å². The van der Waals surface area contributed by atoms with Gasteiger partial charge in [-0.2, -0.15) is 0 Å². The molecule has 1 atom stereocenters. The number of aryl methyl sites for hydroxylation is 3. The first kappa shape index (κ1) is 21.5. The first-order valence-corrected chi connectivity index (χ1v) is 13.2. The molecule has 3 aliphatic carbocycles. The van der Waals surface area contributed by atoms with E-state index in [1.807, 2.05) is 0 Å². The molecule has 2 heteroatoms. The summed E-state index contributed by atoms with van der Waals surface area (Å²) in [5, 5.41) is 14.2. The third-order valence-corrected chi connectivity index (χ3v) is 8.55. The van der Waals surface area contributed by atoms with Crippen molar-refractivity contribution in [3.8, 4) is 0 Å². The normalized spacial score (nSPS) is 22.0. The Morgan fingerprint density at radius 3 is 2.13 bits per heavy atom. The van der Waals surface area contributed by atoms with Gasteiger partial charge in [0.25, 0.3) is 0 Å². The van der Waals surface area contributed by atoms with Crippen LogP contribution in [0.1, 0.15) is 105 Å². The highest BCUT2D eigenvalue weighted by Crippen LogP contribution is 2.35. The van der Waals surface area contributed by atoms with Crippen LogP contribution in [0.15, 0.2) is 24.3 Å². The molecular weight excluding hydrogens is 378 g/mol. The summed E-state index contributed by atoms with van der Waals surface area (Å²) in [6, 6.07) is 10.6. The molecule has 0 radical (unpaired) electrons. The Balaban J connectivity index is 1.40. The summed E-state index contributed by atoms with van der Waals surface area (Å²) >= 11 is 0. The lowest BCUT2D eigenvalue weighted by atomic mass is 9.85. The van der Waals surface area contributed by atoms with Crippen LogP contribution in [0.4, 0.5) is 0 Å². The van der Waals surface area contributed by atoms with Gasteiger partial charge in [0.1, 0.15) is 0 Å². The van der Waals surface area contributed by atoms with Gasteiger partial charge in [-0.05, 0) is 97.4 Å². The van der Waals surface area contributed by atoms with Gasteiger partial charge in [-0.15, -0.1) is 0 Å². The number of fused-ring (bicyclic) bond motifs is 3. The SMILES string of the molecule is Cc1cc2c(c3ccc(C(O)CN(C4CCCCC4)C4CCCCC4)cc13)CCCC2. The highest BCUT2D eigenvalue weighted by Gasteiger charge is 2.30. The molecule has 0 heterocycles. The minimum absolute atomic E-state index is 0.385. The molecule has 1 N–H and O–H groups in total. The zero-order chi connectivity index (χ0) is 21.2. The highest BCUT2D eigenvalue weighted by molar-refractivity contribution is 5.90. The Hall–Kier alpha value is -1.38. The summed E-state index contributed by atoms with van der Waals surface area (Å²) in [6.45, 7) is 3.06. The van der Waals surface area contributed by atoms with Crippen molar-refractivity contribution in [2.75, 3.05) is 6.54 Å². The number of aliphatic hydroxyl groups is 1. The van der Waals surface area contributed by atoms with Crippen LogP contribution in [-0.4, -0.2) is 28.6 Å². The maximum Gasteiger partial charge on any atom is 0.0917 e. The Morgan fingerprint density at radius 2 is 1.45 bits per heavy atom. The zero-order valence-corrected chi connectivity index (χ0v) is 19.5. The van der Waals surface area contributed by atoms with Gasteiger partial charge in [0.15, 0.2) is 0 Å². The Morgan fingerprint density at radius 1 is 0.806 bits per heavy atom. The Labute approximate surface area is 189 Å². The zero-order valence-electron chi connectivity index (χ0n) is 19.5. The molecule has 2 saturated carbocycles. The van der Waals surface area contributed by atoms with Crippen LogP contribution in [0.5, 0.6) is 0 Å². The van der Waals surface area contributed by atoms with Gasteiger partial charge in [0.05, 0.1) is 6.10 Å². The van der Waals surface area contributed by atoms with Crippen LogP contribution in [0.3, 0.4) is 0 Å². The molecule has 31 heavy (non-hydrogen) atoms. The second-order valence-electron chi connectivity index (χ2n) is 10.6. The summed E-state index contributed by atoms with van der Waals surface area (Å²) in [5.41, 5.74) is 5.62. The largest absolute Gasteiger partial charge is 0.387 e. The smallest absolute Gasteiger partial charge is 0.0917 e. The van der Waals surface area contributed by atoms with E-state index < -0.39 is 0 Å². The molecule has 0 aromatic heterocycles. The third kappa shape index (κ3) is 4.57. The van der Waals surface area contributed by atoms with E-state index in [0.717, 1.165) is 12.1 Å². The summed E-state index contributed by atoms with van der Waals surface area (Å²) in [5.74, 6) is 0. The molecule has 0 spiro atoms. The van der Waals surface area contributed by atoms with Crippen molar-refractivity contribution in [3.63, 3.8) is 0 Å². The second kappa shape index (κ2) is 9.63. The monoisotopic (exact) mass is 419 g/mol. The molecule has 2 aromatic carbocycles. The minimum atomic E-state index is -0.385. The molecule has 1 unspecified atom stereocenters. The molecule has 2 nitrogen and oxygen atoms in total. The second-order valence-corrected chi connectivity index (χ2v) is 10.6. The lowest BCUT2D eigenvalue weighted by Gasteiger charge is -2.42. The van der Waals surface area contributed by atoms with Crippen LogP contribution >= 0.6 is 0 Å². The predicted octanol–water partition coefficient (Wildman–Crippen LogP) is 7.03. The quantitative estimate of drug-likeness (QED) is 0.562. The highest BCUT2D eigenvalue weighted by atomic mass is 16.3. The van der Waals surface area contributed by atoms with Crippen molar-refractivity contribution in [2.45, 2.75) is 115 Å². The van der Waals surface area contributed by atoms with Gasteiger partial charge in [0.2, 0.25) is 0 Å². The van der Waals surface area contributed by atoms with E-state index in [9.17, 15) is 5.11 Å². The number of aliphatic hydroxyl groups excluding tert-OH is 1. The van der Waals surface area contributed by atoms with Gasteiger partial charge >= 0.3 is 0 Å². The van der Waals surface area contributed by atoms with E-state index >= 15 is 0 Å². The summed E-state index contributed by atoms with van der Waals surface area (Å²) < 4.78 is 0. The fraction of sp³-hybridized carbons (Fsp3) is 0.655. The summed E-state index contributed by atoms with van der Waals surface area (Å²) in [6.07, 6.45) is 18.3. The molecule has 168 valence electrons. The number of nitrogens with zero attached hydrogens (tertiary/aromatic N) is 1. The Kier molecular flexibility index (Phi) is 6.67. The standard InChI is InChI=1S/C29H41NO/c1-21-18-22-10-8-9-15-26(22)27-17-16-23(19-28(21)27)29(31)20-30(24-11-4-2-5-12-24)25-13-6-3-7-14-25/h16-19,24-25,29,31H,2-15,20H2,1H3. The van der Waals surface area contributed by atoms with Crippen molar-refractivity contribution < 1.29 is 5.11 Å². The minimum Gasteiger partial charge on any atom is -0.387 e. The number of hydrogen-bond acceptors (Lipinski definition) is 2. The van der Waals surface area contributed by atoms with Crippen LogP contribution in [0, 0.1) is 6.92 Å². The predicted molar refractivity (Wildman–Crippen MR) is 131 cm³/mol. The van der Waals surface area contributed by atoms with Crippen molar-refractivity contribution in [3.05, 3.63) is 46.5 Å². The molecule has 0 aliphatic heterocycles. The lowest BCUT2D eigenvalue weighted by Crippen LogP contribution is -2.47. The average molecular weight is 420 g/mol. The number of rotatable bonds is 5. The van der Waals surface area contributed by atoms with Crippen LogP contribution < -0.4 is 0 Å². The van der Waals surface area contributed by atoms with Gasteiger partial charge in [-0.25, -0.2) is 0 Å². The van der Waals surface area contributed by atoms with Crippen LogP contribution in [0.2, 0.25) is 0 Å². The topological polar surface area (TPSA) is 23.5 Å². The summed E-state index contributed by atoms with van der Waals surface area (Å²) in [4.78, 5) is 2.74. The molecule has 5 rings (SSSR count). The number of hydrogen-bond donors (Lipinski definition) is 1. The van der Waals surface area contributed by atoms with Crippen molar-refractivity contribution in [2.24, 2.45) is 0 Å². The molecular formula is C29H41NO. The molecule has 0 bridgehead atoms. The lowest BCUT2D eigenvalue weighted by molar-refractivity contribution is 0.0287. The molecule has 3 aliphatic rings. The van der Waals surface area contributed by atoms with Gasteiger partial charge < -0.3 is 5.11 Å². The van der Waals surface area contributed by atoms with E-state index in [2.05, 4.69) is 36.1 Å². The molecule has 2 aromatic rings. The summed E-state index contributed by atoms with van der Waals surface area (Å²) in [7, 11) is 0.